The van der Waals surface area contributed by atoms with Crippen molar-refractivity contribution in [3.63, 3.8) is 0 Å². The Balaban J connectivity index is 1.85. The van der Waals surface area contributed by atoms with Gasteiger partial charge in [0.05, 0.1) is 5.60 Å². The number of hydrogen-bond acceptors (Lipinski definition) is 3. The summed E-state index contributed by atoms with van der Waals surface area (Å²) in [6.07, 6.45) is 2.10. The van der Waals surface area contributed by atoms with E-state index in [0.29, 0.717) is 12.5 Å². The van der Waals surface area contributed by atoms with Gasteiger partial charge in [-0.3, -0.25) is 4.79 Å². The molecule has 0 spiro atoms. The van der Waals surface area contributed by atoms with Gasteiger partial charge in [-0.2, -0.15) is 0 Å². The lowest BCUT2D eigenvalue weighted by molar-refractivity contribution is -0.143. The molecular weight excluding hydrogens is 182 g/mol. The molecule has 2 rings (SSSR count). The molecule has 0 radical (unpaired) electrons. The zero-order valence-corrected chi connectivity index (χ0v) is 8.54. The van der Waals surface area contributed by atoms with Crippen molar-refractivity contribution in [3.05, 3.63) is 0 Å². The molecule has 2 atom stereocenters. The third-order valence-electron chi connectivity index (χ3n) is 2.96. The normalized spacial score (nSPS) is 38.4. The number of amides is 1. The third kappa shape index (κ3) is 2.25. The smallest absolute Gasteiger partial charge is 0.246 e. The molecule has 0 aromatic carbocycles. The van der Waals surface area contributed by atoms with E-state index in [4.69, 9.17) is 9.47 Å². The van der Waals surface area contributed by atoms with Crippen LogP contribution in [0.1, 0.15) is 19.8 Å². The molecule has 2 fully saturated rings. The van der Waals surface area contributed by atoms with Crippen molar-refractivity contribution in [1.82, 2.24) is 5.32 Å². The topological polar surface area (TPSA) is 47.6 Å². The summed E-state index contributed by atoms with van der Waals surface area (Å²) < 4.78 is 10.9. The SMILES string of the molecule is CC1(CC2CCOC2)CNC(=O)CO1. The van der Waals surface area contributed by atoms with Gasteiger partial charge < -0.3 is 14.8 Å². The van der Waals surface area contributed by atoms with Gasteiger partial charge in [-0.1, -0.05) is 0 Å². The zero-order valence-electron chi connectivity index (χ0n) is 8.54. The van der Waals surface area contributed by atoms with Gasteiger partial charge >= 0.3 is 0 Å². The average molecular weight is 199 g/mol. The first kappa shape index (κ1) is 9.93. The van der Waals surface area contributed by atoms with E-state index in [-0.39, 0.29) is 18.1 Å². The Morgan fingerprint density at radius 3 is 3.07 bits per heavy atom. The molecule has 2 unspecified atom stereocenters. The highest BCUT2D eigenvalue weighted by Crippen LogP contribution is 2.27. The first-order valence-corrected chi connectivity index (χ1v) is 5.16. The van der Waals surface area contributed by atoms with Crippen molar-refractivity contribution in [2.45, 2.75) is 25.4 Å². The zero-order chi connectivity index (χ0) is 10.0. The van der Waals surface area contributed by atoms with Crippen LogP contribution in [0.15, 0.2) is 0 Å². The van der Waals surface area contributed by atoms with Crippen LogP contribution in [0.4, 0.5) is 0 Å². The minimum atomic E-state index is -0.188. The number of carbonyl (C=O) groups excluding carboxylic acids is 1. The fraction of sp³-hybridized carbons (Fsp3) is 0.900. The molecule has 2 heterocycles. The first-order valence-electron chi connectivity index (χ1n) is 5.16. The van der Waals surface area contributed by atoms with Gasteiger partial charge in [0.1, 0.15) is 6.61 Å². The molecule has 1 N–H and O–H groups in total. The van der Waals surface area contributed by atoms with Gasteiger partial charge in [-0.25, -0.2) is 0 Å². The van der Waals surface area contributed by atoms with Gasteiger partial charge in [-0.15, -0.1) is 0 Å². The Labute approximate surface area is 84.0 Å². The number of rotatable bonds is 2. The quantitative estimate of drug-likeness (QED) is 0.696. The summed E-state index contributed by atoms with van der Waals surface area (Å²) in [5.74, 6) is 0.583. The Kier molecular flexibility index (Phi) is 2.74. The lowest BCUT2D eigenvalue weighted by Gasteiger charge is -2.35. The van der Waals surface area contributed by atoms with Crippen LogP contribution in [-0.2, 0) is 14.3 Å². The molecule has 2 aliphatic rings. The lowest BCUT2D eigenvalue weighted by atomic mass is 9.90. The molecule has 0 bridgehead atoms. The van der Waals surface area contributed by atoms with Gasteiger partial charge in [0.25, 0.3) is 0 Å². The van der Waals surface area contributed by atoms with Crippen molar-refractivity contribution >= 4 is 5.91 Å². The molecule has 0 aliphatic carbocycles. The van der Waals surface area contributed by atoms with Crippen LogP contribution >= 0.6 is 0 Å². The molecule has 0 aromatic rings. The van der Waals surface area contributed by atoms with Crippen LogP contribution in [0.25, 0.3) is 0 Å². The predicted octanol–water partition coefficient (Wildman–Crippen LogP) is 0.318. The molecule has 80 valence electrons. The number of carbonyl (C=O) groups is 1. The number of ether oxygens (including phenoxy) is 2. The van der Waals surface area contributed by atoms with E-state index < -0.39 is 0 Å². The molecule has 4 nitrogen and oxygen atoms in total. The summed E-state index contributed by atoms with van der Waals surface area (Å²) in [5, 5.41) is 2.84. The highest BCUT2D eigenvalue weighted by molar-refractivity contribution is 5.77. The summed E-state index contributed by atoms with van der Waals surface area (Å²) in [6.45, 7) is 4.59. The average Bonchev–Trinajstić information content (AvgIpc) is 2.63. The van der Waals surface area contributed by atoms with Crippen LogP contribution in [-0.4, -0.2) is 37.9 Å². The van der Waals surface area contributed by atoms with E-state index in [9.17, 15) is 4.79 Å². The van der Waals surface area contributed by atoms with Crippen LogP contribution in [0, 0.1) is 5.92 Å². The van der Waals surface area contributed by atoms with Gasteiger partial charge in [0.15, 0.2) is 0 Å². The molecular formula is C10H17NO3. The number of nitrogens with one attached hydrogen (secondary N) is 1. The minimum absolute atomic E-state index is 0.00912. The van der Waals surface area contributed by atoms with Crippen molar-refractivity contribution in [3.8, 4) is 0 Å². The van der Waals surface area contributed by atoms with E-state index in [0.717, 1.165) is 26.1 Å². The van der Waals surface area contributed by atoms with Crippen molar-refractivity contribution < 1.29 is 14.3 Å². The van der Waals surface area contributed by atoms with Gasteiger partial charge in [0.2, 0.25) is 5.91 Å². The lowest BCUT2D eigenvalue weighted by Crippen LogP contribution is -2.51. The summed E-state index contributed by atoms with van der Waals surface area (Å²) in [6, 6.07) is 0. The summed E-state index contributed by atoms with van der Waals surface area (Å²) in [4.78, 5) is 10.9. The summed E-state index contributed by atoms with van der Waals surface area (Å²) >= 11 is 0. The minimum Gasteiger partial charge on any atom is -0.381 e. The monoisotopic (exact) mass is 199 g/mol. The van der Waals surface area contributed by atoms with E-state index >= 15 is 0 Å². The Hall–Kier alpha value is -0.610. The molecule has 0 saturated carbocycles. The van der Waals surface area contributed by atoms with Crippen molar-refractivity contribution in [1.29, 1.82) is 0 Å². The highest BCUT2D eigenvalue weighted by atomic mass is 16.5. The number of morpholine rings is 1. The number of hydrogen-bond donors (Lipinski definition) is 1. The fourth-order valence-corrected chi connectivity index (χ4v) is 2.11. The van der Waals surface area contributed by atoms with Crippen LogP contribution in [0.3, 0.4) is 0 Å². The molecule has 0 aromatic heterocycles. The van der Waals surface area contributed by atoms with E-state index in [1.54, 1.807) is 0 Å². The highest BCUT2D eigenvalue weighted by Gasteiger charge is 2.34. The van der Waals surface area contributed by atoms with E-state index in [2.05, 4.69) is 12.2 Å². The van der Waals surface area contributed by atoms with Gasteiger partial charge in [-0.05, 0) is 25.7 Å². The van der Waals surface area contributed by atoms with Crippen molar-refractivity contribution in [2.75, 3.05) is 26.4 Å². The fourth-order valence-electron chi connectivity index (χ4n) is 2.11. The maximum atomic E-state index is 10.9. The molecule has 1 amide bonds. The van der Waals surface area contributed by atoms with Gasteiger partial charge in [0, 0.05) is 19.8 Å². The summed E-state index contributed by atoms with van der Waals surface area (Å²) in [7, 11) is 0. The van der Waals surface area contributed by atoms with Crippen molar-refractivity contribution in [2.24, 2.45) is 5.92 Å². The molecule has 4 heteroatoms. The molecule has 14 heavy (non-hydrogen) atoms. The second-order valence-corrected chi connectivity index (χ2v) is 4.45. The van der Waals surface area contributed by atoms with E-state index in [1.165, 1.54) is 0 Å². The largest absolute Gasteiger partial charge is 0.381 e. The van der Waals surface area contributed by atoms with Crippen LogP contribution in [0.2, 0.25) is 0 Å². The van der Waals surface area contributed by atoms with Crippen LogP contribution in [0.5, 0.6) is 0 Å². The second-order valence-electron chi connectivity index (χ2n) is 4.45. The third-order valence-corrected chi connectivity index (χ3v) is 2.96. The Morgan fingerprint density at radius 2 is 2.50 bits per heavy atom. The molecule has 2 aliphatic heterocycles. The maximum absolute atomic E-state index is 10.9. The standard InChI is InChI=1S/C10H17NO3/c1-10(4-8-2-3-13-5-8)7-11-9(12)6-14-10/h8H,2-7H2,1H3,(H,11,12). The van der Waals surface area contributed by atoms with Crippen LogP contribution < -0.4 is 5.32 Å². The Morgan fingerprint density at radius 1 is 1.64 bits per heavy atom. The van der Waals surface area contributed by atoms with E-state index in [1.807, 2.05) is 0 Å². The second kappa shape index (κ2) is 3.87. The Bertz CT molecular complexity index is 213. The maximum Gasteiger partial charge on any atom is 0.246 e. The summed E-state index contributed by atoms with van der Waals surface area (Å²) in [5.41, 5.74) is -0.188. The first-order chi connectivity index (χ1) is 6.68. The molecule has 2 saturated heterocycles. The predicted molar refractivity (Wildman–Crippen MR) is 50.9 cm³/mol.